The van der Waals surface area contributed by atoms with Crippen molar-refractivity contribution in [3.05, 3.63) is 59.0 Å². The van der Waals surface area contributed by atoms with Gasteiger partial charge in [-0.3, -0.25) is 0 Å². The average molecular weight is 285 g/mol. The van der Waals surface area contributed by atoms with Crippen LogP contribution in [0.25, 0.3) is 0 Å². The van der Waals surface area contributed by atoms with E-state index >= 15 is 0 Å². The highest BCUT2D eigenvalue weighted by molar-refractivity contribution is 5.27. The predicted molar refractivity (Wildman–Crippen MR) is 88.7 cm³/mol. The molecular formula is C19H27NO. The first-order valence-corrected chi connectivity index (χ1v) is 7.97. The molecule has 1 aromatic carbocycles. The van der Waals surface area contributed by atoms with E-state index in [0.717, 1.165) is 25.1 Å². The summed E-state index contributed by atoms with van der Waals surface area (Å²) in [6.45, 7) is 9.68. The van der Waals surface area contributed by atoms with Gasteiger partial charge in [0, 0.05) is 11.6 Å². The van der Waals surface area contributed by atoms with Gasteiger partial charge in [-0.2, -0.15) is 0 Å². The summed E-state index contributed by atoms with van der Waals surface area (Å²) < 4.78 is 5.47. The lowest BCUT2D eigenvalue weighted by Gasteiger charge is -2.17. The van der Waals surface area contributed by atoms with Crippen molar-refractivity contribution in [1.29, 1.82) is 0 Å². The van der Waals surface area contributed by atoms with Gasteiger partial charge in [0.15, 0.2) is 0 Å². The molecule has 0 saturated carbocycles. The molecule has 1 atom stereocenters. The zero-order valence-corrected chi connectivity index (χ0v) is 13.6. The first-order chi connectivity index (χ1) is 10.1. The van der Waals surface area contributed by atoms with Crippen LogP contribution in [-0.2, 0) is 6.42 Å². The minimum Gasteiger partial charge on any atom is -0.469 e. The first kappa shape index (κ1) is 15.8. The number of furan rings is 1. The Hall–Kier alpha value is -1.54. The Morgan fingerprint density at radius 3 is 2.33 bits per heavy atom. The molecule has 1 unspecified atom stereocenters. The quantitative estimate of drug-likeness (QED) is 0.775. The van der Waals surface area contributed by atoms with Gasteiger partial charge in [-0.25, -0.2) is 0 Å². The highest BCUT2D eigenvalue weighted by Gasteiger charge is 2.14. The van der Waals surface area contributed by atoms with Crippen LogP contribution in [0.4, 0.5) is 0 Å². The summed E-state index contributed by atoms with van der Waals surface area (Å²) in [4.78, 5) is 0. The molecule has 1 aromatic heterocycles. The van der Waals surface area contributed by atoms with Crippen molar-refractivity contribution in [1.82, 2.24) is 5.32 Å². The molecule has 0 aliphatic carbocycles. The highest BCUT2D eigenvalue weighted by Crippen LogP contribution is 2.22. The Labute approximate surface area is 128 Å². The van der Waals surface area contributed by atoms with Gasteiger partial charge in [0.2, 0.25) is 0 Å². The molecule has 0 fully saturated rings. The van der Waals surface area contributed by atoms with Crippen molar-refractivity contribution in [2.75, 3.05) is 6.54 Å². The number of hydrogen-bond acceptors (Lipinski definition) is 2. The van der Waals surface area contributed by atoms with Crippen molar-refractivity contribution in [3.63, 3.8) is 0 Å². The topological polar surface area (TPSA) is 25.2 Å². The molecule has 21 heavy (non-hydrogen) atoms. The molecule has 1 heterocycles. The number of nitrogens with one attached hydrogen (secondary N) is 1. The predicted octanol–water partition coefficient (Wildman–Crippen LogP) is 4.99. The molecule has 2 rings (SSSR count). The van der Waals surface area contributed by atoms with Gasteiger partial charge in [0.05, 0.1) is 6.26 Å². The largest absolute Gasteiger partial charge is 0.469 e. The Morgan fingerprint density at radius 1 is 1.10 bits per heavy atom. The van der Waals surface area contributed by atoms with Crippen molar-refractivity contribution in [2.24, 2.45) is 0 Å². The fraction of sp³-hybridized carbons (Fsp3) is 0.474. The summed E-state index contributed by atoms with van der Waals surface area (Å²) in [6, 6.07) is 11.5. The minimum absolute atomic E-state index is 0.326. The first-order valence-electron chi connectivity index (χ1n) is 7.97. The molecule has 0 aliphatic heterocycles. The molecule has 0 amide bonds. The van der Waals surface area contributed by atoms with E-state index in [1.165, 1.54) is 16.7 Å². The Morgan fingerprint density at radius 2 is 1.81 bits per heavy atom. The van der Waals surface area contributed by atoms with E-state index in [-0.39, 0.29) is 0 Å². The summed E-state index contributed by atoms with van der Waals surface area (Å²) in [7, 11) is 0. The molecule has 2 nitrogen and oxygen atoms in total. The van der Waals surface area contributed by atoms with E-state index in [1.807, 2.05) is 13.2 Å². The summed E-state index contributed by atoms with van der Waals surface area (Å²) in [6.07, 6.45) is 4.02. The van der Waals surface area contributed by atoms with Crippen molar-refractivity contribution in [2.45, 2.75) is 52.5 Å². The Balaban J connectivity index is 2.10. The maximum Gasteiger partial charge on any atom is 0.101 e. The molecule has 2 aromatic rings. The van der Waals surface area contributed by atoms with Crippen LogP contribution in [0, 0.1) is 6.92 Å². The smallest absolute Gasteiger partial charge is 0.101 e. The van der Waals surface area contributed by atoms with Crippen LogP contribution in [0.3, 0.4) is 0 Å². The van der Waals surface area contributed by atoms with Crippen molar-refractivity contribution in [3.8, 4) is 0 Å². The third-order valence-electron chi connectivity index (χ3n) is 3.88. The third-order valence-corrected chi connectivity index (χ3v) is 3.88. The van der Waals surface area contributed by atoms with Crippen LogP contribution in [-0.4, -0.2) is 6.54 Å². The van der Waals surface area contributed by atoms with Gasteiger partial charge in [-0.15, -0.1) is 0 Å². The molecule has 2 heteroatoms. The average Bonchev–Trinajstić information content (AvgIpc) is 2.90. The van der Waals surface area contributed by atoms with Gasteiger partial charge >= 0.3 is 0 Å². The van der Waals surface area contributed by atoms with Crippen LogP contribution < -0.4 is 5.32 Å². The molecule has 0 spiro atoms. The van der Waals surface area contributed by atoms with Crippen LogP contribution >= 0.6 is 0 Å². The second kappa shape index (κ2) is 7.46. The standard InChI is InChI=1S/C19H27NO/c1-5-10-20-19(18-11-15(4)21-13-18)12-16-6-8-17(9-7-16)14(2)3/h6-9,11,13-14,19-20H,5,10,12H2,1-4H3. The number of hydrogen-bond donors (Lipinski definition) is 1. The van der Waals surface area contributed by atoms with Gasteiger partial charge in [0.25, 0.3) is 0 Å². The van der Waals surface area contributed by atoms with Gasteiger partial charge in [0.1, 0.15) is 5.76 Å². The SMILES string of the molecule is CCCNC(Cc1ccc(C(C)C)cc1)c1coc(C)c1. The van der Waals surface area contributed by atoms with E-state index in [9.17, 15) is 0 Å². The van der Waals surface area contributed by atoms with Gasteiger partial charge in [-0.05, 0) is 49.4 Å². The lowest BCUT2D eigenvalue weighted by atomic mass is 9.97. The molecule has 114 valence electrons. The summed E-state index contributed by atoms with van der Waals surface area (Å²) in [5, 5.41) is 3.62. The monoisotopic (exact) mass is 285 g/mol. The third kappa shape index (κ3) is 4.47. The zero-order valence-electron chi connectivity index (χ0n) is 13.6. The van der Waals surface area contributed by atoms with E-state index in [1.54, 1.807) is 0 Å². The molecule has 1 N–H and O–H groups in total. The zero-order chi connectivity index (χ0) is 15.2. The lowest BCUT2D eigenvalue weighted by Crippen LogP contribution is -2.23. The van der Waals surface area contributed by atoms with Crippen LogP contribution in [0.15, 0.2) is 41.0 Å². The summed E-state index contributed by atoms with van der Waals surface area (Å²) >= 11 is 0. The minimum atomic E-state index is 0.326. The number of rotatable bonds is 7. The summed E-state index contributed by atoms with van der Waals surface area (Å²) in [5.41, 5.74) is 4.01. The van der Waals surface area contributed by atoms with E-state index in [0.29, 0.717) is 12.0 Å². The lowest BCUT2D eigenvalue weighted by molar-refractivity contribution is 0.503. The molecule has 0 radical (unpaired) electrons. The molecule has 0 saturated heterocycles. The Bertz CT molecular complexity index is 539. The van der Waals surface area contributed by atoms with Gasteiger partial charge < -0.3 is 9.73 Å². The van der Waals surface area contributed by atoms with Gasteiger partial charge in [-0.1, -0.05) is 45.0 Å². The Kier molecular flexibility index (Phi) is 5.63. The molecule has 0 bridgehead atoms. The highest BCUT2D eigenvalue weighted by atomic mass is 16.3. The maximum atomic E-state index is 5.47. The van der Waals surface area contributed by atoms with Crippen molar-refractivity contribution >= 4 is 0 Å². The van der Waals surface area contributed by atoms with E-state index in [2.05, 4.69) is 56.4 Å². The number of benzene rings is 1. The maximum absolute atomic E-state index is 5.47. The van der Waals surface area contributed by atoms with E-state index in [4.69, 9.17) is 4.42 Å². The van der Waals surface area contributed by atoms with Crippen LogP contribution in [0.1, 0.15) is 61.6 Å². The van der Waals surface area contributed by atoms with Crippen LogP contribution in [0.5, 0.6) is 0 Å². The van der Waals surface area contributed by atoms with Crippen molar-refractivity contribution < 1.29 is 4.42 Å². The summed E-state index contributed by atoms with van der Waals surface area (Å²) in [5.74, 6) is 1.56. The molecular weight excluding hydrogens is 258 g/mol. The second-order valence-electron chi connectivity index (χ2n) is 6.10. The van der Waals surface area contributed by atoms with E-state index < -0.39 is 0 Å². The fourth-order valence-corrected chi connectivity index (χ4v) is 2.55. The van der Waals surface area contributed by atoms with Crippen LogP contribution in [0.2, 0.25) is 0 Å². The number of aryl methyl sites for hydroxylation is 1. The normalized spacial score (nSPS) is 12.8. The molecule has 0 aliphatic rings. The second-order valence-corrected chi connectivity index (χ2v) is 6.10. The fourth-order valence-electron chi connectivity index (χ4n) is 2.55.